The van der Waals surface area contributed by atoms with Crippen LogP contribution in [0.4, 0.5) is 0 Å². The van der Waals surface area contributed by atoms with E-state index in [-0.39, 0.29) is 12.5 Å². The number of rotatable bonds is 8. The molecule has 0 radical (unpaired) electrons. The Bertz CT molecular complexity index is 1270. The van der Waals surface area contributed by atoms with E-state index in [1.807, 2.05) is 60.0 Å². The first-order valence-corrected chi connectivity index (χ1v) is 11.3. The number of fused-ring (bicyclic) bond motifs is 1. The molecule has 4 aromatic rings. The minimum absolute atomic E-state index is 0.100. The summed E-state index contributed by atoms with van der Waals surface area (Å²) >= 11 is 1.59. The molecule has 1 aromatic heterocycles. The number of benzene rings is 3. The highest BCUT2D eigenvalue weighted by Crippen LogP contribution is 2.26. The fourth-order valence-electron chi connectivity index (χ4n) is 3.38. The third-order valence-electron chi connectivity index (χ3n) is 5.10. The molecule has 0 fully saturated rings. The second-order valence-electron chi connectivity index (χ2n) is 7.31. The van der Waals surface area contributed by atoms with E-state index in [2.05, 4.69) is 5.32 Å². The van der Waals surface area contributed by atoms with Crippen LogP contribution in [0.15, 0.2) is 89.8 Å². The first-order valence-electron chi connectivity index (χ1n) is 10.4. The number of ether oxygens (including phenoxy) is 2. The highest BCUT2D eigenvalue weighted by Gasteiger charge is 2.13. The van der Waals surface area contributed by atoms with Crippen LogP contribution in [0, 0.1) is 0 Å². The maximum atomic E-state index is 13.0. The van der Waals surface area contributed by atoms with Crippen molar-refractivity contribution in [1.82, 2.24) is 5.32 Å². The number of carbonyl (C=O) groups excluding carboxylic acids is 2. The lowest BCUT2D eigenvalue weighted by Crippen LogP contribution is -2.26. The summed E-state index contributed by atoms with van der Waals surface area (Å²) in [5.74, 6) is 0.102. The summed E-state index contributed by atoms with van der Waals surface area (Å²) < 4.78 is 10.8. The fraction of sp³-hybridized carbons (Fsp3) is 0.111. The molecular weight excluding hydrogens is 434 g/mol. The van der Waals surface area contributed by atoms with E-state index >= 15 is 0 Å². The zero-order valence-electron chi connectivity index (χ0n) is 18.1. The SMILES string of the molecule is COC(=O)c1ccc(C=C(COc2cccc3ccccc23)C(=O)NCc2cccs2)cc1. The monoisotopic (exact) mass is 457 g/mol. The predicted octanol–water partition coefficient (Wildman–Crippen LogP) is 5.47. The Morgan fingerprint density at radius 2 is 1.73 bits per heavy atom. The van der Waals surface area contributed by atoms with E-state index in [9.17, 15) is 9.59 Å². The predicted molar refractivity (Wildman–Crippen MR) is 131 cm³/mol. The van der Waals surface area contributed by atoms with Crippen LogP contribution in [0.2, 0.25) is 0 Å². The van der Waals surface area contributed by atoms with E-state index in [0.29, 0.717) is 23.4 Å². The quantitative estimate of drug-likeness (QED) is 0.282. The number of hydrogen-bond donors (Lipinski definition) is 1. The lowest BCUT2D eigenvalue weighted by Gasteiger charge is -2.13. The van der Waals surface area contributed by atoms with Crippen molar-refractivity contribution in [3.63, 3.8) is 0 Å². The molecule has 1 heterocycles. The Morgan fingerprint density at radius 1 is 0.939 bits per heavy atom. The van der Waals surface area contributed by atoms with E-state index in [0.717, 1.165) is 21.2 Å². The maximum absolute atomic E-state index is 13.0. The third-order valence-corrected chi connectivity index (χ3v) is 5.98. The Hall–Kier alpha value is -3.90. The largest absolute Gasteiger partial charge is 0.488 e. The smallest absolute Gasteiger partial charge is 0.337 e. The number of carbonyl (C=O) groups is 2. The summed E-state index contributed by atoms with van der Waals surface area (Å²) in [6.07, 6.45) is 1.77. The minimum Gasteiger partial charge on any atom is -0.488 e. The molecule has 0 spiro atoms. The lowest BCUT2D eigenvalue weighted by molar-refractivity contribution is -0.117. The number of methoxy groups -OCH3 is 1. The van der Waals surface area contributed by atoms with Gasteiger partial charge in [-0.1, -0.05) is 54.6 Å². The van der Waals surface area contributed by atoms with Crippen LogP contribution in [0.3, 0.4) is 0 Å². The molecule has 0 aliphatic rings. The molecule has 3 aromatic carbocycles. The number of thiophene rings is 1. The Labute approximate surface area is 196 Å². The average Bonchev–Trinajstić information content (AvgIpc) is 3.38. The van der Waals surface area contributed by atoms with Gasteiger partial charge in [0, 0.05) is 10.3 Å². The third kappa shape index (κ3) is 5.67. The van der Waals surface area contributed by atoms with E-state index in [1.165, 1.54) is 7.11 Å². The van der Waals surface area contributed by atoms with Crippen molar-refractivity contribution in [3.8, 4) is 5.75 Å². The number of nitrogens with one attached hydrogen (secondary N) is 1. The number of amides is 1. The summed E-state index contributed by atoms with van der Waals surface area (Å²) in [5.41, 5.74) is 1.71. The number of hydrogen-bond acceptors (Lipinski definition) is 5. The van der Waals surface area contributed by atoms with E-state index < -0.39 is 5.97 Å². The Balaban J connectivity index is 1.56. The molecule has 33 heavy (non-hydrogen) atoms. The molecule has 0 atom stereocenters. The van der Waals surface area contributed by atoms with Gasteiger partial charge in [-0.2, -0.15) is 0 Å². The van der Waals surface area contributed by atoms with Gasteiger partial charge in [-0.3, -0.25) is 4.79 Å². The van der Waals surface area contributed by atoms with Crippen LogP contribution in [-0.2, 0) is 16.1 Å². The molecule has 0 aliphatic heterocycles. The van der Waals surface area contributed by atoms with Crippen molar-refractivity contribution < 1.29 is 19.1 Å². The molecule has 1 amide bonds. The Morgan fingerprint density at radius 3 is 2.48 bits per heavy atom. The van der Waals surface area contributed by atoms with Gasteiger partial charge in [0.05, 0.1) is 24.8 Å². The van der Waals surface area contributed by atoms with Crippen LogP contribution in [0.25, 0.3) is 16.8 Å². The second kappa shape index (κ2) is 10.6. The molecule has 6 heteroatoms. The zero-order chi connectivity index (χ0) is 23.0. The first kappa shape index (κ1) is 22.3. The maximum Gasteiger partial charge on any atom is 0.337 e. The highest BCUT2D eigenvalue weighted by molar-refractivity contribution is 7.09. The summed E-state index contributed by atoms with van der Waals surface area (Å²) in [5, 5.41) is 7.00. The Kier molecular flexibility index (Phi) is 7.17. The molecule has 4 rings (SSSR count). The average molecular weight is 458 g/mol. The molecular formula is C27H23NO4S. The molecule has 166 valence electrons. The van der Waals surface area contributed by atoms with Crippen LogP contribution in [0.5, 0.6) is 5.75 Å². The first-order chi connectivity index (χ1) is 16.1. The summed E-state index contributed by atoms with van der Waals surface area (Å²) in [7, 11) is 1.34. The topological polar surface area (TPSA) is 64.6 Å². The fourth-order valence-corrected chi connectivity index (χ4v) is 4.02. The van der Waals surface area contributed by atoms with Gasteiger partial charge in [0.25, 0.3) is 5.91 Å². The van der Waals surface area contributed by atoms with Crippen molar-refractivity contribution >= 4 is 40.1 Å². The van der Waals surface area contributed by atoms with Gasteiger partial charge in [0.15, 0.2) is 0 Å². The summed E-state index contributed by atoms with van der Waals surface area (Å²) in [4.78, 5) is 25.8. The van der Waals surface area contributed by atoms with Gasteiger partial charge in [0.2, 0.25) is 0 Å². The standard InChI is InChI=1S/C27H23NO4S/c1-31-27(30)21-13-11-19(12-14-21)16-22(26(29)28-17-23-8-5-15-33-23)18-32-25-10-4-7-20-6-2-3-9-24(20)25/h2-16H,17-18H2,1H3,(H,28,29). The highest BCUT2D eigenvalue weighted by atomic mass is 32.1. The molecule has 0 saturated heterocycles. The zero-order valence-corrected chi connectivity index (χ0v) is 18.9. The van der Waals surface area contributed by atoms with Crippen LogP contribution < -0.4 is 10.1 Å². The van der Waals surface area contributed by atoms with Gasteiger partial charge in [-0.15, -0.1) is 11.3 Å². The molecule has 5 nitrogen and oxygen atoms in total. The van der Waals surface area contributed by atoms with Gasteiger partial charge < -0.3 is 14.8 Å². The van der Waals surface area contributed by atoms with Crippen molar-refractivity contribution in [2.45, 2.75) is 6.54 Å². The van der Waals surface area contributed by atoms with Crippen LogP contribution >= 0.6 is 11.3 Å². The lowest BCUT2D eigenvalue weighted by atomic mass is 10.1. The minimum atomic E-state index is -0.404. The summed E-state index contributed by atoms with van der Waals surface area (Å²) in [6.45, 7) is 0.548. The molecule has 1 N–H and O–H groups in total. The molecule has 0 bridgehead atoms. The van der Waals surface area contributed by atoms with Crippen LogP contribution in [-0.4, -0.2) is 25.6 Å². The van der Waals surface area contributed by atoms with Crippen LogP contribution in [0.1, 0.15) is 20.8 Å². The van der Waals surface area contributed by atoms with Gasteiger partial charge in [0.1, 0.15) is 12.4 Å². The second-order valence-corrected chi connectivity index (χ2v) is 8.34. The summed E-state index contributed by atoms with van der Waals surface area (Å²) in [6, 6.07) is 24.6. The van der Waals surface area contributed by atoms with Crippen molar-refractivity contribution in [2.75, 3.05) is 13.7 Å². The van der Waals surface area contributed by atoms with E-state index in [4.69, 9.17) is 9.47 Å². The molecule has 0 saturated carbocycles. The van der Waals surface area contributed by atoms with Crippen molar-refractivity contribution in [1.29, 1.82) is 0 Å². The van der Waals surface area contributed by atoms with Crippen molar-refractivity contribution in [3.05, 3.63) is 106 Å². The number of esters is 1. The van der Waals surface area contributed by atoms with Crippen molar-refractivity contribution in [2.24, 2.45) is 0 Å². The van der Waals surface area contributed by atoms with Gasteiger partial charge in [-0.25, -0.2) is 4.79 Å². The normalized spacial score (nSPS) is 11.2. The molecule has 0 unspecified atom stereocenters. The van der Waals surface area contributed by atoms with Gasteiger partial charge in [-0.05, 0) is 46.7 Å². The van der Waals surface area contributed by atoms with Gasteiger partial charge >= 0.3 is 5.97 Å². The molecule has 0 aliphatic carbocycles. The van der Waals surface area contributed by atoms with E-state index in [1.54, 1.807) is 41.7 Å².